The van der Waals surface area contributed by atoms with E-state index >= 15 is 0 Å². The Hall–Kier alpha value is -2.59. The van der Waals surface area contributed by atoms with Crippen molar-refractivity contribution in [1.29, 1.82) is 0 Å². The Labute approximate surface area is 173 Å². The van der Waals surface area contributed by atoms with Gasteiger partial charge in [0.15, 0.2) is 0 Å². The molecule has 1 saturated carbocycles. The molecule has 0 aliphatic heterocycles. The molecule has 0 unspecified atom stereocenters. The van der Waals surface area contributed by atoms with Gasteiger partial charge in [0.2, 0.25) is 19.8 Å². The van der Waals surface area contributed by atoms with Gasteiger partial charge in [-0.05, 0) is 31.0 Å². The van der Waals surface area contributed by atoms with Crippen LogP contribution in [0.25, 0.3) is 10.2 Å². The van der Waals surface area contributed by atoms with Crippen molar-refractivity contribution in [2.45, 2.75) is 18.9 Å². The predicted octanol–water partition coefficient (Wildman–Crippen LogP) is 2.44. The molecule has 1 amide bonds. The Morgan fingerprint density at radius 3 is 2.75 bits per heavy atom. The van der Waals surface area contributed by atoms with Crippen LogP contribution in [0.3, 0.4) is 0 Å². The van der Waals surface area contributed by atoms with Crippen LogP contribution in [0.5, 0.6) is 5.75 Å². The standard InChI is InChI=1S/C18H18BN5O2S2/c1-11(24(27)18-20-6-3-7-21-18)23(19)17(25)12-8-13(9-12)26-14-4-2-5-15-16(14)22-10-28-15/h2-7,10,12-13,27H,1,8-9,19H2. The second-order valence-corrected chi connectivity index (χ2v) is 7.82. The smallest absolute Gasteiger partial charge is 0.241 e. The van der Waals surface area contributed by atoms with Crippen molar-refractivity contribution in [1.82, 2.24) is 19.8 Å². The molecule has 4 rings (SSSR count). The first kappa shape index (κ1) is 18.8. The van der Waals surface area contributed by atoms with Crippen LogP contribution in [0.1, 0.15) is 12.8 Å². The van der Waals surface area contributed by atoms with E-state index in [4.69, 9.17) is 4.74 Å². The van der Waals surface area contributed by atoms with E-state index in [1.165, 1.54) is 9.12 Å². The summed E-state index contributed by atoms with van der Waals surface area (Å²) in [5.41, 5.74) is 2.69. The maximum atomic E-state index is 12.8. The fourth-order valence-electron chi connectivity index (χ4n) is 3.06. The first-order chi connectivity index (χ1) is 13.5. The number of para-hydroxylation sites is 1. The van der Waals surface area contributed by atoms with Crippen molar-refractivity contribution in [3.05, 3.63) is 54.6 Å². The summed E-state index contributed by atoms with van der Waals surface area (Å²) in [5, 5.41) is 0. The topological polar surface area (TPSA) is 71.5 Å². The van der Waals surface area contributed by atoms with E-state index < -0.39 is 0 Å². The Kier molecular flexibility index (Phi) is 5.23. The van der Waals surface area contributed by atoms with Crippen LogP contribution in [0.4, 0.5) is 5.95 Å². The number of thiazole rings is 1. The van der Waals surface area contributed by atoms with Crippen molar-refractivity contribution in [2.24, 2.45) is 5.92 Å². The van der Waals surface area contributed by atoms with Gasteiger partial charge in [0.25, 0.3) is 0 Å². The van der Waals surface area contributed by atoms with Crippen LogP contribution in [0.15, 0.2) is 54.6 Å². The molecule has 2 heterocycles. The third-order valence-corrected chi connectivity index (χ3v) is 5.97. The highest BCUT2D eigenvalue weighted by molar-refractivity contribution is 7.82. The molecule has 3 aromatic rings. The minimum Gasteiger partial charge on any atom is -0.488 e. The molecule has 0 atom stereocenters. The number of ether oxygens (including phenoxy) is 1. The molecular formula is C18H18BN5O2S2. The second-order valence-electron chi connectivity index (χ2n) is 6.54. The number of hydrogen-bond donors (Lipinski definition) is 1. The molecule has 0 saturated heterocycles. The fourth-order valence-corrected chi connectivity index (χ4v) is 3.99. The number of fused-ring (bicyclic) bond motifs is 1. The fraction of sp³-hybridized carbons (Fsp3) is 0.222. The number of benzene rings is 1. The molecule has 1 fully saturated rings. The quantitative estimate of drug-likeness (QED) is 0.496. The van der Waals surface area contributed by atoms with Gasteiger partial charge >= 0.3 is 0 Å². The first-order valence-electron chi connectivity index (χ1n) is 8.76. The maximum absolute atomic E-state index is 12.8. The number of nitrogens with zero attached hydrogens (tertiary/aromatic N) is 5. The number of anilines is 1. The van der Waals surface area contributed by atoms with Gasteiger partial charge in [0, 0.05) is 18.3 Å². The second kappa shape index (κ2) is 7.80. The molecule has 1 aliphatic carbocycles. The summed E-state index contributed by atoms with van der Waals surface area (Å²) in [7, 11) is 1.68. The molecule has 28 heavy (non-hydrogen) atoms. The van der Waals surface area contributed by atoms with Gasteiger partial charge in [-0.15, -0.1) is 11.3 Å². The third-order valence-electron chi connectivity index (χ3n) is 4.76. The predicted molar refractivity (Wildman–Crippen MR) is 115 cm³/mol. The Morgan fingerprint density at radius 2 is 2.00 bits per heavy atom. The van der Waals surface area contributed by atoms with Gasteiger partial charge in [-0.25, -0.2) is 19.3 Å². The maximum Gasteiger partial charge on any atom is 0.241 e. The normalized spacial score (nSPS) is 18.3. The van der Waals surface area contributed by atoms with Gasteiger partial charge in [-0.2, -0.15) is 0 Å². The highest BCUT2D eigenvalue weighted by atomic mass is 32.1. The summed E-state index contributed by atoms with van der Waals surface area (Å²) in [4.78, 5) is 26.9. The average molecular weight is 411 g/mol. The molecule has 0 bridgehead atoms. The Bertz CT molecular complexity index is 1010. The molecule has 10 heteroatoms. The van der Waals surface area contributed by atoms with Crippen LogP contribution < -0.4 is 9.04 Å². The summed E-state index contributed by atoms with van der Waals surface area (Å²) in [6.07, 6.45) is 4.54. The summed E-state index contributed by atoms with van der Waals surface area (Å²) >= 11 is 5.94. The lowest BCUT2D eigenvalue weighted by atomic mass is 9.80. The SMILES string of the molecule is BN(C(=C)N(S)c1ncccn1)C(=O)C1CC(Oc2cccc3scnc23)C1. The molecule has 1 aromatic carbocycles. The lowest BCUT2D eigenvalue weighted by Gasteiger charge is -2.38. The van der Waals surface area contributed by atoms with Gasteiger partial charge in [0.05, 0.1) is 10.2 Å². The number of amides is 1. The summed E-state index contributed by atoms with van der Waals surface area (Å²) in [5.74, 6) is 1.40. The monoisotopic (exact) mass is 411 g/mol. The minimum atomic E-state index is -0.111. The third kappa shape index (κ3) is 3.57. The van der Waals surface area contributed by atoms with Gasteiger partial charge in [0.1, 0.15) is 23.2 Å². The highest BCUT2D eigenvalue weighted by Gasteiger charge is 2.38. The van der Waals surface area contributed by atoms with Crippen LogP contribution in [-0.4, -0.2) is 39.8 Å². The van der Waals surface area contributed by atoms with Crippen LogP contribution in [-0.2, 0) is 4.79 Å². The van der Waals surface area contributed by atoms with E-state index in [9.17, 15) is 4.79 Å². The summed E-state index contributed by atoms with van der Waals surface area (Å²) in [6.45, 7) is 3.94. The van der Waals surface area contributed by atoms with Crippen molar-refractivity contribution < 1.29 is 9.53 Å². The Morgan fingerprint density at radius 1 is 1.25 bits per heavy atom. The molecular weight excluding hydrogens is 393 g/mol. The molecule has 2 aromatic heterocycles. The largest absolute Gasteiger partial charge is 0.488 e. The zero-order chi connectivity index (χ0) is 19.7. The number of aromatic nitrogens is 3. The van der Waals surface area contributed by atoms with Gasteiger partial charge < -0.3 is 9.55 Å². The molecule has 142 valence electrons. The van der Waals surface area contributed by atoms with Crippen LogP contribution in [0, 0.1) is 5.92 Å². The molecule has 0 radical (unpaired) electrons. The molecule has 7 nitrogen and oxygen atoms in total. The zero-order valence-corrected chi connectivity index (χ0v) is 16.9. The lowest BCUT2D eigenvalue weighted by molar-refractivity contribution is -0.135. The minimum absolute atomic E-state index is 0.00692. The van der Waals surface area contributed by atoms with E-state index in [-0.39, 0.29) is 17.9 Å². The molecule has 0 N–H and O–H groups in total. The van der Waals surface area contributed by atoms with E-state index in [0.717, 1.165) is 16.0 Å². The Balaban J connectivity index is 1.34. The number of rotatable bonds is 6. The molecule has 1 aliphatic rings. The van der Waals surface area contributed by atoms with E-state index in [0.29, 0.717) is 24.6 Å². The van der Waals surface area contributed by atoms with Crippen molar-refractivity contribution in [3.63, 3.8) is 0 Å². The zero-order valence-electron chi connectivity index (χ0n) is 15.2. The average Bonchev–Trinajstić information content (AvgIpc) is 3.18. The number of thiol groups is 1. The first-order valence-corrected chi connectivity index (χ1v) is 10.0. The lowest BCUT2D eigenvalue weighted by Crippen LogP contribution is -2.46. The van der Waals surface area contributed by atoms with Crippen molar-refractivity contribution in [3.8, 4) is 5.75 Å². The van der Waals surface area contributed by atoms with E-state index in [2.05, 4.69) is 34.3 Å². The van der Waals surface area contributed by atoms with Crippen LogP contribution >= 0.6 is 24.2 Å². The van der Waals surface area contributed by atoms with Crippen molar-refractivity contribution in [2.75, 3.05) is 4.31 Å². The van der Waals surface area contributed by atoms with E-state index in [1.807, 2.05) is 23.7 Å². The van der Waals surface area contributed by atoms with Gasteiger partial charge in [-0.3, -0.25) is 4.79 Å². The summed E-state index contributed by atoms with van der Waals surface area (Å²) < 4.78 is 8.56. The number of carbonyl (C=O) groups is 1. The highest BCUT2D eigenvalue weighted by Crippen LogP contribution is 2.36. The number of carbonyl (C=O) groups excluding carboxylic acids is 1. The summed E-state index contributed by atoms with van der Waals surface area (Å²) in [6, 6.07) is 7.61. The van der Waals surface area contributed by atoms with Crippen molar-refractivity contribution >= 4 is 54.2 Å². The number of hydrogen-bond acceptors (Lipinski definition) is 8. The van der Waals surface area contributed by atoms with Gasteiger partial charge in [-0.1, -0.05) is 25.5 Å². The molecule has 0 spiro atoms. The van der Waals surface area contributed by atoms with Crippen LogP contribution in [0.2, 0.25) is 0 Å². The van der Waals surface area contributed by atoms with E-state index in [1.54, 1.807) is 37.8 Å².